The van der Waals surface area contributed by atoms with Crippen molar-refractivity contribution < 1.29 is 9.26 Å². The third kappa shape index (κ3) is 1.78. The summed E-state index contributed by atoms with van der Waals surface area (Å²) < 4.78 is 12.4. The first-order valence-corrected chi connectivity index (χ1v) is 5.39. The van der Waals surface area contributed by atoms with E-state index >= 15 is 0 Å². The van der Waals surface area contributed by atoms with Crippen LogP contribution in [-0.2, 0) is 6.54 Å². The number of nitrogens with zero attached hydrogens (tertiary/aromatic N) is 2. The van der Waals surface area contributed by atoms with Gasteiger partial charge in [-0.1, -0.05) is 5.16 Å². The summed E-state index contributed by atoms with van der Waals surface area (Å²) in [5.41, 5.74) is 1.15. The van der Waals surface area contributed by atoms with Crippen LogP contribution in [0.1, 0.15) is 5.76 Å². The van der Waals surface area contributed by atoms with Crippen molar-refractivity contribution in [2.24, 2.45) is 0 Å². The molecule has 0 saturated carbocycles. The summed E-state index contributed by atoms with van der Waals surface area (Å²) in [7, 11) is 1.67. The summed E-state index contributed by atoms with van der Waals surface area (Å²) in [6, 6.07) is 9.96. The Labute approximate surface area is 98.4 Å². The molecule has 2 aromatic heterocycles. The molecule has 0 spiro atoms. The fourth-order valence-electron chi connectivity index (χ4n) is 1.93. The Morgan fingerprint density at radius 3 is 3.00 bits per heavy atom. The number of methoxy groups -OCH3 is 1. The molecule has 86 valence electrons. The predicted molar refractivity (Wildman–Crippen MR) is 64.1 cm³/mol. The maximum absolute atomic E-state index is 5.20. The van der Waals surface area contributed by atoms with Crippen molar-refractivity contribution in [3.05, 3.63) is 48.5 Å². The zero-order valence-corrected chi connectivity index (χ0v) is 9.46. The molecule has 0 atom stereocenters. The Hall–Kier alpha value is -2.23. The third-order valence-corrected chi connectivity index (χ3v) is 2.80. The van der Waals surface area contributed by atoms with Gasteiger partial charge in [0.2, 0.25) is 0 Å². The van der Waals surface area contributed by atoms with Crippen LogP contribution in [0.15, 0.2) is 47.2 Å². The Balaban J connectivity index is 2.00. The van der Waals surface area contributed by atoms with Gasteiger partial charge < -0.3 is 13.8 Å². The second kappa shape index (κ2) is 3.97. The average molecular weight is 228 g/mol. The van der Waals surface area contributed by atoms with Gasteiger partial charge in [-0.15, -0.1) is 0 Å². The molecule has 0 N–H and O–H groups in total. The summed E-state index contributed by atoms with van der Waals surface area (Å²) in [6.45, 7) is 0.690. The number of ether oxygens (including phenoxy) is 1. The summed E-state index contributed by atoms with van der Waals surface area (Å²) >= 11 is 0. The molecule has 0 saturated heterocycles. The standard InChI is InChI=1S/C13H12N2O2/c1-16-11-2-3-13-10(8-11)5-7-15(13)9-12-4-6-14-17-12/h2-8H,9H2,1H3. The summed E-state index contributed by atoms with van der Waals surface area (Å²) in [5, 5.41) is 4.86. The summed E-state index contributed by atoms with van der Waals surface area (Å²) in [5.74, 6) is 1.72. The zero-order valence-electron chi connectivity index (χ0n) is 9.46. The SMILES string of the molecule is COc1ccc2c(ccn2Cc2ccno2)c1. The lowest BCUT2D eigenvalue weighted by atomic mass is 10.2. The molecule has 0 radical (unpaired) electrons. The largest absolute Gasteiger partial charge is 0.497 e. The lowest BCUT2D eigenvalue weighted by Gasteiger charge is -2.03. The molecule has 0 aliphatic carbocycles. The number of fused-ring (bicyclic) bond motifs is 1. The summed E-state index contributed by atoms with van der Waals surface area (Å²) in [4.78, 5) is 0. The van der Waals surface area contributed by atoms with Crippen LogP contribution in [0.5, 0.6) is 5.75 Å². The molecular formula is C13H12N2O2. The van der Waals surface area contributed by atoms with Crippen LogP contribution in [0.25, 0.3) is 10.9 Å². The molecule has 1 aromatic carbocycles. The van der Waals surface area contributed by atoms with E-state index in [1.165, 1.54) is 0 Å². The van der Waals surface area contributed by atoms with Crippen molar-refractivity contribution in [1.82, 2.24) is 9.72 Å². The first-order chi connectivity index (χ1) is 8.36. The van der Waals surface area contributed by atoms with Crippen LogP contribution >= 0.6 is 0 Å². The molecule has 0 amide bonds. The second-order valence-electron chi connectivity index (χ2n) is 3.85. The Kier molecular flexibility index (Phi) is 2.33. The maximum atomic E-state index is 5.20. The van der Waals surface area contributed by atoms with Gasteiger partial charge in [0.15, 0.2) is 5.76 Å². The van der Waals surface area contributed by atoms with E-state index < -0.39 is 0 Å². The van der Waals surface area contributed by atoms with Crippen LogP contribution in [0.3, 0.4) is 0 Å². The molecule has 0 aliphatic heterocycles. The fourth-order valence-corrected chi connectivity index (χ4v) is 1.93. The van der Waals surface area contributed by atoms with E-state index in [4.69, 9.17) is 9.26 Å². The fraction of sp³-hybridized carbons (Fsp3) is 0.154. The topological polar surface area (TPSA) is 40.2 Å². The number of aromatic nitrogens is 2. The average Bonchev–Trinajstić information content (AvgIpc) is 2.99. The number of rotatable bonds is 3. The van der Waals surface area contributed by atoms with E-state index in [0.29, 0.717) is 6.54 Å². The number of benzene rings is 1. The first kappa shape index (κ1) is 9.96. The molecule has 3 aromatic rings. The number of hydrogen-bond donors (Lipinski definition) is 0. The third-order valence-electron chi connectivity index (χ3n) is 2.80. The zero-order chi connectivity index (χ0) is 11.7. The molecule has 0 bridgehead atoms. The molecule has 17 heavy (non-hydrogen) atoms. The molecule has 0 fully saturated rings. The van der Waals surface area contributed by atoms with Gasteiger partial charge in [-0.25, -0.2) is 0 Å². The summed E-state index contributed by atoms with van der Waals surface area (Å²) in [6.07, 6.45) is 3.69. The van der Waals surface area contributed by atoms with Crippen molar-refractivity contribution in [2.75, 3.05) is 7.11 Å². The van der Waals surface area contributed by atoms with Crippen LogP contribution in [0.2, 0.25) is 0 Å². The predicted octanol–water partition coefficient (Wildman–Crippen LogP) is 2.69. The van der Waals surface area contributed by atoms with E-state index in [-0.39, 0.29) is 0 Å². The lowest BCUT2D eigenvalue weighted by Crippen LogP contribution is -1.96. The Morgan fingerprint density at radius 2 is 2.24 bits per heavy atom. The molecule has 4 heteroatoms. The Morgan fingerprint density at radius 1 is 1.29 bits per heavy atom. The first-order valence-electron chi connectivity index (χ1n) is 5.39. The Bertz CT molecular complexity index is 626. The highest BCUT2D eigenvalue weighted by Crippen LogP contribution is 2.22. The van der Waals surface area contributed by atoms with Crippen molar-refractivity contribution in [2.45, 2.75) is 6.54 Å². The van der Waals surface area contributed by atoms with E-state index in [1.54, 1.807) is 13.3 Å². The molecule has 3 rings (SSSR count). The smallest absolute Gasteiger partial charge is 0.156 e. The van der Waals surface area contributed by atoms with E-state index in [1.807, 2.05) is 30.5 Å². The minimum Gasteiger partial charge on any atom is -0.497 e. The highest BCUT2D eigenvalue weighted by atomic mass is 16.5. The van der Waals surface area contributed by atoms with Crippen LogP contribution < -0.4 is 4.74 Å². The second-order valence-corrected chi connectivity index (χ2v) is 3.85. The van der Waals surface area contributed by atoms with Gasteiger partial charge in [-0.3, -0.25) is 0 Å². The van der Waals surface area contributed by atoms with Gasteiger partial charge in [0, 0.05) is 23.2 Å². The van der Waals surface area contributed by atoms with Gasteiger partial charge in [-0.05, 0) is 24.3 Å². The monoisotopic (exact) mass is 228 g/mol. The minimum absolute atomic E-state index is 0.690. The number of hydrogen-bond acceptors (Lipinski definition) is 3. The van der Waals surface area contributed by atoms with E-state index in [2.05, 4.69) is 15.8 Å². The van der Waals surface area contributed by atoms with Crippen molar-refractivity contribution in [3.8, 4) is 5.75 Å². The van der Waals surface area contributed by atoms with Gasteiger partial charge in [0.05, 0.1) is 19.9 Å². The highest BCUT2D eigenvalue weighted by molar-refractivity contribution is 5.81. The molecule has 4 nitrogen and oxygen atoms in total. The van der Waals surface area contributed by atoms with Crippen molar-refractivity contribution in [3.63, 3.8) is 0 Å². The van der Waals surface area contributed by atoms with Gasteiger partial charge >= 0.3 is 0 Å². The van der Waals surface area contributed by atoms with Gasteiger partial charge in [0.25, 0.3) is 0 Å². The van der Waals surface area contributed by atoms with E-state index in [9.17, 15) is 0 Å². The van der Waals surface area contributed by atoms with Crippen LogP contribution in [0, 0.1) is 0 Å². The lowest BCUT2D eigenvalue weighted by molar-refractivity contribution is 0.378. The maximum Gasteiger partial charge on any atom is 0.156 e. The molecule has 2 heterocycles. The highest BCUT2D eigenvalue weighted by Gasteiger charge is 2.04. The minimum atomic E-state index is 0.690. The van der Waals surface area contributed by atoms with E-state index in [0.717, 1.165) is 22.4 Å². The van der Waals surface area contributed by atoms with Crippen LogP contribution in [0.4, 0.5) is 0 Å². The van der Waals surface area contributed by atoms with Crippen LogP contribution in [-0.4, -0.2) is 16.8 Å². The van der Waals surface area contributed by atoms with Crippen molar-refractivity contribution >= 4 is 10.9 Å². The van der Waals surface area contributed by atoms with Gasteiger partial charge in [0.1, 0.15) is 5.75 Å². The molecular weight excluding hydrogens is 216 g/mol. The van der Waals surface area contributed by atoms with Crippen molar-refractivity contribution in [1.29, 1.82) is 0 Å². The van der Waals surface area contributed by atoms with Gasteiger partial charge in [-0.2, -0.15) is 0 Å². The quantitative estimate of drug-likeness (QED) is 0.692. The molecule has 0 unspecified atom stereocenters. The molecule has 0 aliphatic rings. The normalized spacial score (nSPS) is 10.9.